The molecule has 1 aromatic heterocycles. The Morgan fingerprint density at radius 3 is 2.45 bits per heavy atom. The molecule has 0 atom stereocenters. The molecule has 0 N–H and O–H groups in total. The van der Waals surface area contributed by atoms with E-state index >= 15 is 4.39 Å². The Bertz CT molecular complexity index is 1140. The van der Waals surface area contributed by atoms with Crippen LogP contribution in [-0.4, -0.2) is 29.5 Å². The van der Waals surface area contributed by atoms with Gasteiger partial charge in [0.1, 0.15) is 18.2 Å². The smallest absolute Gasteiger partial charge is 0.328 e. The molecular weight excluding hydrogens is 399 g/mol. The van der Waals surface area contributed by atoms with Crippen molar-refractivity contribution < 1.29 is 18.6 Å². The van der Waals surface area contributed by atoms with Gasteiger partial charge in [0.25, 0.3) is 0 Å². The fourth-order valence-corrected chi connectivity index (χ4v) is 4.72. The summed E-state index contributed by atoms with van der Waals surface area (Å²) in [7, 11) is 6.84. The number of halogens is 1. The summed E-state index contributed by atoms with van der Waals surface area (Å²) in [6.07, 6.45) is 3.10. The molecule has 1 fully saturated rings. The number of imidazole rings is 1. The van der Waals surface area contributed by atoms with Crippen molar-refractivity contribution >= 4 is 11.0 Å². The highest BCUT2D eigenvalue weighted by atomic mass is 19.1. The summed E-state index contributed by atoms with van der Waals surface area (Å²) in [5, 5.41) is 0. The zero-order chi connectivity index (χ0) is 22.2. The van der Waals surface area contributed by atoms with E-state index in [4.69, 9.17) is 14.2 Å². The lowest BCUT2D eigenvalue weighted by Crippen LogP contribution is -2.37. The van der Waals surface area contributed by atoms with Gasteiger partial charge < -0.3 is 14.2 Å². The van der Waals surface area contributed by atoms with Crippen molar-refractivity contribution in [2.45, 2.75) is 44.0 Å². The van der Waals surface area contributed by atoms with E-state index in [1.807, 2.05) is 18.2 Å². The highest BCUT2D eigenvalue weighted by Gasteiger charge is 2.41. The van der Waals surface area contributed by atoms with Crippen LogP contribution in [0.5, 0.6) is 5.75 Å². The van der Waals surface area contributed by atoms with Gasteiger partial charge in [-0.2, -0.15) is 0 Å². The van der Waals surface area contributed by atoms with Crippen LogP contribution in [0.15, 0.2) is 41.2 Å². The maximum Gasteiger partial charge on any atom is 0.328 e. The van der Waals surface area contributed by atoms with Crippen LogP contribution >= 0.6 is 0 Å². The number of aryl methyl sites for hydroxylation is 2. The average molecular weight is 429 g/mol. The van der Waals surface area contributed by atoms with Gasteiger partial charge in [0.15, 0.2) is 0 Å². The number of fused-ring (bicyclic) bond motifs is 1. The summed E-state index contributed by atoms with van der Waals surface area (Å²) < 4.78 is 35.8. The molecule has 0 bridgehead atoms. The second-order valence-corrected chi connectivity index (χ2v) is 8.26. The second-order valence-electron chi connectivity index (χ2n) is 8.26. The zero-order valence-corrected chi connectivity index (χ0v) is 18.5. The summed E-state index contributed by atoms with van der Waals surface area (Å²) in [6.45, 7) is 0.260. The van der Waals surface area contributed by atoms with Gasteiger partial charge in [0.05, 0.1) is 28.3 Å². The first-order valence-electron chi connectivity index (χ1n) is 10.5. The molecule has 1 aliphatic rings. The number of methoxy groups -OCH3 is 2. The van der Waals surface area contributed by atoms with Crippen molar-refractivity contribution in [1.29, 1.82) is 0 Å². The molecule has 0 saturated heterocycles. The Balaban J connectivity index is 1.63. The van der Waals surface area contributed by atoms with Gasteiger partial charge in [-0.1, -0.05) is 12.1 Å². The molecule has 0 aliphatic heterocycles. The third kappa shape index (κ3) is 3.77. The Hall–Kier alpha value is -2.64. The van der Waals surface area contributed by atoms with Crippen molar-refractivity contribution in [3.05, 3.63) is 63.8 Å². The van der Waals surface area contributed by atoms with Gasteiger partial charge in [-0.15, -0.1) is 0 Å². The number of rotatable bonds is 6. The summed E-state index contributed by atoms with van der Waals surface area (Å²) in [6, 6.07) is 10.7. The van der Waals surface area contributed by atoms with Crippen LogP contribution < -0.4 is 10.4 Å². The molecule has 2 aromatic carbocycles. The van der Waals surface area contributed by atoms with Crippen molar-refractivity contribution in [2.24, 2.45) is 14.1 Å². The lowest BCUT2D eigenvalue weighted by Gasteiger charge is -2.39. The van der Waals surface area contributed by atoms with Gasteiger partial charge in [-0.25, -0.2) is 9.18 Å². The van der Waals surface area contributed by atoms with Gasteiger partial charge in [-0.3, -0.25) is 9.13 Å². The van der Waals surface area contributed by atoms with E-state index in [0.29, 0.717) is 24.2 Å². The molecule has 1 saturated carbocycles. The number of ether oxygens (including phenoxy) is 3. The quantitative estimate of drug-likeness (QED) is 0.595. The van der Waals surface area contributed by atoms with Crippen molar-refractivity contribution in [2.75, 3.05) is 14.2 Å². The fourth-order valence-electron chi connectivity index (χ4n) is 4.72. The van der Waals surface area contributed by atoms with Gasteiger partial charge in [-0.05, 0) is 55.5 Å². The molecular formula is C24H29FN2O4. The monoisotopic (exact) mass is 428 g/mol. The van der Waals surface area contributed by atoms with Crippen molar-refractivity contribution in [3.63, 3.8) is 0 Å². The first kappa shape index (κ1) is 21.6. The highest BCUT2D eigenvalue weighted by molar-refractivity contribution is 5.76. The molecule has 0 radical (unpaired) electrons. The molecule has 6 nitrogen and oxygen atoms in total. The van der Waals surface area contributed by atoms with E-state index in [2.05, 4.69) is 0 Å². The molecule has 7 heteroatoms. The van der Waals surface area contributed by atoms with E-state index in [-0.39, 0.29) is 24.2 Å². The van der Waals surface area contributed by atoms with Gasteiger partial charge in [0, 0.05) is 28.3 Å². The second kappa shape index (κ2) is 8.48. The number of aromatic nitrogens is 2. The van der Waals surface area contributed by atoms with Gasteiger partial charge in [0.2, 0.25) is 0 Å². The molecule has 4 rings (SSSR count). The minimum Gasteiger partial charge on any atom is -0.488 e. The highest BCUT2D eigenvalue weighted by Crippen LogP contribution is 2.45. The lowest BCUT2D eigenvalue weighted by molar-refractivity contribution is -0.0794. The molecule has 3 aromatic rings. The van der Waals surface area contributed by atoms with Crippen LogP contribution in [0.2, 0.25) is 0 Å². The largest absolute Gasteiger partial charge is 0.488 e. The van der Waals surface area contributed by atoms with E-state index < -0.39 is 5.60 Å². The summed E-state index contributed by atoms with van der Waals surface area (Å²) in [5.41, 5.74) is 2.26. The van der Waals surface area contributed by atoms with E-state index in [9.17, 15) is 4.79 Å². The minimum absolute atomic E-state index is 0.0748. The summed E-state index contributed by atoms with van der Waals surface area (Å²) >= 11 is 0. The van der Waals surface area contributed by atoms with E-state index in [1.165, 1.54) is 6.07 Å². The molecule has 1 aliphatic carbocycles. The number of benzene rings is 2. The third-order valence-corrected chi connectivity index (χ3v) is 6.63. The molecule has 166 valence electrons. The maximum atomic E-state index is 15.0. The van der Waals surface area contributed by atoms with Crippen LogP contribution in [-0.2, 0) is 35.8 Å². The molecule has 0 unspecified atom stereocenters. The van der Waals surface area contributed by atoms with Crippen LogP contribution in [0.4, 0.5) is 4.39 Å². The predicted molar refractivity (Wildman–Crippen MR) is 117 cm³/mol. The maximum absolute atomic E-state index is 15.0. The lowest BCUT2D eigenvalue weighted by atomic mass is 9.77. The number of nitrogens with zero attached hydrogens (tertiary/aromatic N) is 2. The van der Waals surface area contributed by atoms with E-state index in [0.717, 1.165) is 29.4 Å². The standard InChI is InChI=1S/C24H29FN2O4/c1-26-19-9-8-16(14-20(19)27(2)23(26)28)15-31-21-7-5-6-18(25)22(21)24(30-4)12-10-17(29-3)11-13-24/h5-9,14,17H,10-13,15H2,1-4H3. The summed E-state index contributed by atoms with van der Waals surface area (Å²) in [4.78, 5) is 12.2. The number of hydrogen-bond donors (Lipinski definition) is 0. The Morgan fingerprint density at radius 2 is 1.77 bits per heavy atom. The number of hydrogen-bond acceptors (Lipinski definition) is 4. The van der Waals surface area contributed by atoms with Gasteiger partial charge >= 0.3 is 5.69 Å². The SMILES string of the molecule is COC1CCC(OC)(c2c(F)cccc2OCc2ccc3c(c2)n(C)c(=O)n3C)CC1. The molecule has 0 amide bonds. The molecule has 1 heterocycles. The third-order valence-electron chi connectivity index (χ3n) is 6.63. The first-order chi connectivity index (χ1) is 14.9. The average Bonchev–Trinajstić information content (AvgIpc) is 3.01. The Kier molecular flexibility index (Phi) is 5.90. The van der Waals surface area contributed by atoms with Crippen LogP contribution in [0.1, 0.15) is 36.8 Å². The van der Waals surface area contributed by atoms with Crippen molar-refractivity contribution in [1.82, 2.24) is 9.13 Å². The topological polar surface area (TPSA) is 54.6 Å². The molecule has 0 spiro atoms. The predicted octanol–water partition coefficient (Wildman–Crippen LogP) is 4.03. The van der Waals surface area contributed by atoms with Crippen LogP contribution in [0, 0.1) is 5.82 Å². The van der Waals surface area contributed by atoms with Crippen molar-refractivity contribution in [3.8, 4) is 5.75 Å². The first-order valence-corrected chi connectivity index (χ1v) is 10.5. The van der Waals surface area contributed by atoms with Crippen LogP contribution in [0.25, 0.3) is 11.0 Å². The molecule has 31 heavy (non-hydrogen) atoms. The Morgan fingerprint density at radius 1 is 1.06 bits per heavy atom. The van der Waals surface area contributed by atoms with Crippen LogP contribution in [0.3, 0.4) is 0 Å². The summed E-state index contributed by atoms with van der Waals surface area (Å²) in [5.74, 6) is 0.163. The zero-order valence-electron chi connectivity index (χ0n) is 18.5. The minimum atomic E-state index is -0.733. The fraction of sp³-hybridized carbons (Fsp3) is 0.458. The Labute approximate surface area is 181 Å². The van der Waals surface area contributed by atoms with E-state index in [1.54, 1.807) is 49.6 Å². The normalized spacial score (nSPS) is 21.5.